The van der Waals surface area contributed by atoms with Crippen LogP contribution in [0.15, 0.2) is 24.3 Å². The molecule has 0 aromatic heterocycles. The summed E-state index contributed by atoms with van der Waals surface area (Å²) < 4.78 is 0. The molecular formula is C18H25N3O3. The van der Waals surface area contributed by atoms with E-state index in [1.165, 1.54) is 5.56 Å². The first-order valence-corrected chi connectivity index (χ1v) is 8.27. The quantitative estimate of drug-likeness (QED) is 0.657. The summed E-state index contributed by atoms with van der Waals surface area (Å²) in [4.78, 5) is 39.3. The summed E-state index contributed by atoms with van der Waals surface area (Å²) in [5.41, 5.74) is 0.715. The van der Waals surface area contributed by atoms with Gasteiger partial charge in [0.15, 0.2) is 0 Å². The monoisotopic (exact) mass is 331 g/mol. The van der Waals surface area contributed by atoms with Crippen molar-refractivity contribution in [3.05, 3.63) is 29.8 Å². The normalized spacial score (nSPS) is 15.1. The van der Waals surface area contributed by atoms with Gasteiger partial charge in [-0.25, -0.2) is 0 Å². The van der Waals surface area contributed by atoms with E-state index in [-0.39, 0.29) is 11.8 Å². The second kappa shape index (κ2) is 7.47. The summed E-state index contributed by atoms with van der Waals surface area (Å²) in [6.45, 7) is 7.27. The first-order valence-electron chi connectivity index (χ1n) is 8.27. The predicted octanol–water partition coefficient (Wildman–Crippen LogP) is 1.51. The maximum absolute atomic E-state index is 12.7. The zero-order valence-electron chi connectivity index (χ0n) is 14.5. The number of nitrogens with zero attached hydrogens (tertiary/aromatic N) is 2. The fourth-order valence-corrected chi connectivity index (χ4v) is 2.63. The molecule has 0 radical (unpaired) electrons. The number of amides is 3. The van der Waals surface area contributed by atoms with E-state index >= 15 is 0 Å². The van der Waals surface area contributed by atoms with Gasteiger partial charge < -0.3 is 15.1 Å². The van der Waals surface area contributed by atoms with Crippen molar-refractivity contribution in [1.82, 2.24) is 9.80 Å². The van der Waals surface area contributed by atoms with Crippen molar-refractivity contribution >= 4 is 23.9 Å². The number of aryl methyl sites for hydroxylation is 1. The number of nitrogens with one attached hydrogen (secondary N) is 1. The van der Waals surface area contributed by atoms with Crippen molar-refractivity contribution in [2.24, 2.45) is 5.41 Å². The molecule has 0 spiro atoms. The Morgan fingerprint density at radius 2 is 1.71 bits per heavy atom. The van der Waals surface area contributed by atoms with Gasteiger partial charge >= 0.3 is 0 Å². The minimum atomic E-state index is -1.16. The van der Waals surface area contributed by atoms with E-state index in [1.54, 1.807) is 23.6 Å². The maximum atomic E-state index is 12.7. The summed E-state index contributed by atoms with van der Waals surface area (Å²) in [6.07, 6.45) is 1.73. The van der Waals surface area contributed by atoms with Gasteiger partial charge in [0.25, 0.3) is 0 Å². The summed E-state index contributed by atoms with van der Waals surface area (Å²) in [5.74, 6) is -0.537. The largest absolute Gasteiger partial charge is 0.342 e. The van der Waals surface area contributed by atoms with Crippen LogP contribution in [-0.2, 0) is 20.8 Å². The number of hydrogen-bond acceptors (Lipinski definition) is 3. The Balaban J connectivity index is 2.00. The van der Waals surface area contributed by atoms with Crippen LogP contribution in [0.3, 0.4) is 0 Å². The smallest absolute Gasteiger partial charge is 0.239 e. The molecule has 3 amide bonds. The standard InChI is InChI=1S/C18H25N3O3/c1-4-14-5-7-15(8-6-14)19-16(23)18(2,3)17(24)21-11-9-20(13-22)10-12-21/h5-8,13H,4,9-12H2,1-3H3,(H,19,23). The number of anilines is 1. The molecule has 0 atom stereocenters. The minimum absolute atomic E-state index is 0.212. The molecule has 0 aliphatic carbocycles. The van der Waals surface area contributed by atoms with E-state index in [0.29, 0.717) is 31.9 Å². The van der Waals surface area contributed by atoms with Crippen LogP contribution < -0.4 is 5.32 Å². The van der Waals surface area contributed by atoms with E-state index in [4.69, 9.17) is 0 Å². The fourth-order valence-electron chi connectivity index (χ4n) is 2.63. The van der Waals surface area contributed by atoms with Crippen LogP contribution in [0.1, 0.15) is 26.3 Å². The molecule has 6 nitrogen and oxygen atoms in total. The SMILES string of the molecule is CCc1ccc(NC(=O)C(C)(C)C(=O)N2CCN(C=O)CC2)cc1. The Bertz CT molecular complexity index is 602. The zero-order valence-corrected chi connectivity index (χ0v) is 14.5. The Labute approximate surface area is 142 Å². The molecule has 1 heterocycles. The molecule has 1 N–H and O–H groups in total. The van der Waals surface area contributed by atoms with Crippen LogP contribution in [0.2, 0.25) is 0 Å². The molecule has 1 fully saturated rings. The van der Waals surface area contributed by atoms with E-state index < -0.39 is 5.41 Å². The van der Waals surface area contributed by atoms with Crippen molar-refractivity contribution in [3.8, 4) is 0 Å². The van der Waals surface area contributed by atoms with Crippen molar-refractivity contribution < 1.29 is 14.4 Å². The third kappa shape index (κ3) is 3.93. The third-order valence-corrected chi connectivity index (χ3v) is 4.47. The molecule has 24 heavy (non-hydrogen) atoms. The highest BCUT2D eigenvalue weighted by molar-refractivity contribution is 6.09. The van der Waals surface area contributed by atoms with Gasteiger partial charge in [0.05, 0.1) is 0 Å². The molecule has 2 rings (SSSR count). The first-order chi connectivity index (χ1) is 11.4. The fraction of sp³-hybridized carbons (Fsp3) is 0.500. The van der Waals surface area contributed by atoms with Gasteiger partial charge in [-0.05, 0) is 38.0 Å². The van der Waals surface area contributed by atoms with Crippen LogP contribution in [0.4, 0.5) is 5.69 Å². The molecule has 1 aromatic rings. The summed E-state index contributed by atoms with van der Waals surface area (Å²) in [5, 5.41) is 2.82. The van der Waals surface area contributed by atoms with Gasteiger partial charge in [0, 0.05) is 31.9 Å². The van der Waals surface area contributed by atoms with E-state index in [2.05, 4.69) is 12.2 Å². The summed E-state index contributed by atoms with van der Waals surface area (Å²) >= 11 is 0. The highest BCUT2D eigenvalue weighted by Gasteiger charge is 2.40. The summed E-state index contributed by atoms with van der Waals surface area (Å²) in [7, 11) is 0. The molecule has 0 bridgehead atoms. The van der Waals surface area contributed by atoms with Gasteiger partial charge in [-0.15, -0.1) is 0 Å². The number of rotatable bonds is 5. The number of benzene rings is 1. The lowest BCUT2D eigenvalue weighted by Gasteiger charge is -2.36. The lowest BCUT2D eigenvalue weighted by molar-refractivity contribution is -0.148. The Morgan fingerprint density at radius 1 is 1.12 bits per heavy atom. The second-order valence-corrected chi connectivity index (χ2v) is 6.56. The average Bonchev–Trinajstić information content (AvgIpc) is 2.61. The van der Waals surface area contributed by atoms with Crippen molar-refractivity contribution in [1.29, 1.82) is 0 Å². The average molecular weight is 331 g/mol. The van der Waals surface area contributed by atoms with E-state index in [0.717, 1.165) is 12.8 Å². The van der Waals surface area contributed by atoms with E-state index in [1.807, 2.05) is 24.3 Å². The highest BCUT2D eigenvalue weighted by atomic mass is 16.2. The van der Waals surface area contributed by atoms with Gasteiger partial charge in [-0.3, -0.25) is 14.4 Å². The molecule has 1 aromatic carbocycles. The molecule has 6 heteroatoms. The Kier molecular flexibility index (Phi) is 5.59. The van der Waals surface area contributed by atoms with Crippen LogP contribution >= 0.6 is 0 Å². The van der Waals surface area contributed by atoms with Gasteiger partial charge in [0.1, 0.15) is 5.41 Å². The molecule has 1 aliphatic heterocycles. The van der Waals surface area contributed by atoms with Gasteiger partial charge in [-0.1, -0.05) is 19.1 Å². The molecule has 1 aliphatic rings. The maximum Gasteiger partial charge on any atom is 0.239 e. The summed E-state index contributed by atoms with van der Waals surface area (Å²) in [6, 6.07) is 7.62. The van der Waals surface area contributed by atoms with E-state index in [9.17, 15) is 14.4 Å². The Hall–Kier alpha value is -2.37. The zero-order chi connectivity index (χ0) is 17.7. The molecule has 0 saturated carbocycles. The minimum Gasteiger partial charge on any atom is -0.342 e. The van der Waals surface area contributed by atoms with Gasteiger partial charge in [0.2, 0.25) is 18.2 Å². The molecular weight excluding hydrogens is 306 g/mol. The number of carbonyl (C=O) groups excluding carboxylic acids is 3. The van der Waals surface area contributed by atoms with Crippen LogP contribution in [0.25, 0.3) is 0 Å². The molecule has 1 saturated heterocycles. The highest BCUT2D eigenvalue weighted by Crippen LogP contribution is 2.23. The van der Waals surface area contributed by atoms with Crippen molar-refractivity contribution in [2.45, 2.75) is 27.2 Å². The van der Waals surface area contributed by atoms with Crippen LogP contribution in [-0.4, -0.2) is 54.2 Å². The predicted molar refractivity (Wildman–Crippen MR) is 92.4 cm³/mol. The Morgan fingerprint density at radius 3 is 2.21 bits per heavy atom. The number of hydrogen-bond donors (Lipinski definition) is 1. The van der Waals surface area contributed by atoms with Crippen LogP contribution in [0, 0.1) is 5.41 Å². The third-order valence-electron chi connectivity index (χ3n) is 4.47. The van der Waals surface area contributed by atoms with Crippen molar-refractivity contribution in [3.63, 3.8) is 0 Å². The van der Waals surface area contributed by atoms with Crippen LogP contribution in [0.5, 0.6) is 0 Å². The number of carbonyl (C=O) groups is 3. The lowest BCUT2D eigenvalue weighted by Crippen LogP contribution is -2.54. The molecule has 130 valence electrons. The van der Waals surface area contributed by atoms with Crippen molar-refractivity contribution in [2.75, 3.05) is 31.5 Å². The first kappa shape index (κ1) is 18.0. The topological polar surface area (TPSA) is 69.7 Å². The lowest BCUT2D eigenvalue weighted by atomic mass is 9.89. The van der Waals surface area contributed by atoms with Gasteiger partial charge in [-0.2, -0.15) is 0 Å². The second-order valence-electron chi connectivity index (χ2n) is 6.56. The number of piperazine rings is 1. The molecule has 0 unspecified atom stereocenters.